The minimum Gasteiger partial charge on any atom is -0.493 e. The molecule has 1 aromatic carbocycles. The number of rotatable bonds is 5. The van der Waals surface area contributed by atoms with E-state index in [2.05, 4.69) is 4.99 Å². The molecular formula is C17H16N2O4S2. The lowest BCUT2D eigenvalue weighted by Crippen LogP contribution is -2.22. The SMILES string of the molecule is CC(C)CC(C(=O)O)n1c(O)c(C2=c3ccccc3=NC2=O)sc1=S. The highest BCUT2D eigenvalue weighted by Gasteiger charge is 2.30. The predicted octanol–water partition coefficient (Wildman–Crippen LogP) is 2.02. The predicted molar refractivity (Wildman–Crippen MR) is 95.7 cm³/mol. The molecule has 2 N–H and O–H groups in total. The Labute approximate surface area is 152 Å². The van der Waals surface area contributed by atoms with Crippen LogP contribution in [0.3, 0.4) is 0 Å². The van der Waals surface area contributed by atoms with Gasteiger partial charge in [-0.3, -0.25) is 9.36 Å². The van der Waals surface area contributed by atoms with Crippen molar-refractivity contribution < 1.29 is 19.8 Å². The Morgan fingerprint density at radius 3 is 2.68 bits per heavy atom. The maximum atomic E-state index is 12.3. The number of para-hydroxylation sites is 1. The maximum Gasteiger partial charge on any atom is 0.326 e. The van der Waals surface area contributed by atoms with Gasteiger partial charge in [-0.05, 0) is 30.6 Å². The lowest BCUT2D eigenvalue weighted by molar-refractivity contribution is -0.141. The number of fused-ring (bicyclic) bond motifs is 1. The summed E-state index contributed by atoms with van der Waals surface area (Å²) >= 11 is 6.31. The Bertz CT molecular complexity index is 1050. The molecule has 25 heavy (non-hydrogen) atoms. The molecule has 0 spiro atoms. The van der Waals surface area contributed by atoms with Crippen molar-refractivity contribution in [2.75, 3.05) is 0 Å². The smallest absolute Gasteiger partial charge is 0.326 e. The fraction of sp³-hybridized carbons (Fsp3) is 0.294. The fourth-order valence-electron chi connectivity index (χ4n) is 2.86. The maximum absolute atomic E-state index is 12.3. The van der Waals surface area contributed by atoms with Crippen LogP contribution in [-0.2, 0) is 9.59 Å². The minimum absolute atomic E-state index is 0.0993. The molecule has 0 radical (unpaired) electrons. The second kappa shape index (κ2) is 6.53. The molecule has 2 heterocycles. The third kappa shape index (κ3) is 3.03. The Morgan fingerprint density at radius 1 is 1.36 bits per heavy atom. The van der Waals surface area contributed by atoms with Crippen molar-refractivity contribution in [3.05, 3.63) is 43.7 Å². The summed E-state index contributed by atoms with van der Waals surface area (Å²) in [5.41, 5.74) is 0.261. The van der Waals surface area contributed by atoms with Gasteiger partial charge in [-0.2, -0.15) is 0 Å². The molecule has 1 aliphatic heterocycles. The topological polar surface area (TPSA) is 91.9 Å². The Kier molecular flexibility index (Phi) is 4.57. The molecule has 2 aromatic rings. The standard InChI is InChI=1S/C17H16N2O4S2/c1-8(2)7-11(16(22)23)19-15(21)13(25-17(19)24)12-9-5-3-4-6-10(9)18-14(12)20/h3-6,8,11,21H,7H2,1-2H3,(H,22,23). The van der Waals surface area contributed by atoms with E-state index in [-0.39, 0.29) is 26.2 Å². The number of hydrogen-bond acceptors (Lipinski definition) is 5. The average Bonchev–Trinajstić information content (AvgIpc) is 3.00. The minimum atomic E-state index is -1.07. The molecule has 1 unspecified atom stereocenters. The highest BCUT2D eigenvalue weighted by atomic mass is 32.1. The summed E-state index contributed by atoms with van der Waals surface area (Å²) in [6.07, 6.45) is 0.317. The first-order valence-corrected chi connectivity index (χ1v) is 8.93. The van der Waals surface area contributed by atoms with Crippen LogP contribution in [0.1, 0.15) is 31.2 Å². The van der Waals surface area contributed by atoms with E-state index in [1.165, 1.54) is 4.57 Å². The Hall–Kier alpha value is -2.32. The van der Waals surface area contributed by atoms with Crippen molar-refractivity contribution in [2.45, 2.75) is 26.3 Å². The number of aliphatic carboxylic acids is 1. The third-order valence-corrected chi connectivity index (χ3v) is 5.35. The van der Waals surface area contributed by atoms with Gasteiger partial charge in [-0.1, -0.05) is 32.0 Å². The van der Waals surface area contributed by atoms with Gasteiger partial charge in [0.25, 0.3) is 5.91 Å². The van der Waals surface area contributed by atoms with E-state index in [1.807, 2.05) is 13.8 Å². The van der Waals surface area contributed by atoms with Crippen LogP contribution >= 0.6 is 23.6 Å². The van der Waals surface area contributed by atoms with Gasteiger partial charge in [0.15, 0.2) is 3.95 Å². The molecule has 1 amide bonds. The number of benzene rings is 1. The van der Waals surface area contributed by atoms with Gasteiger partial charge in [0.05, 0.1) is 10.9 Å². The molecule has 8 heteroatoms. The molecule has 1 atom stereocenters. The zero-order valence-electron chi connectivity index (χ0n) is 13.6. The highest BCUT2D eigenvalue weighted by Crippen LogP contribution is 2.36. The fourth-order valence-corrected chi connectivity index (χ4v) is 4.30. The number of thiazole rings is 1. The molecule has 130 valence electrons. The van der Waals surface area contributed by atoms with Crippen molar-refractivity contribution in [3.63, 3.8) is 0 Å². The number of hydrogen-bond donors (Lipinski definition) is 2. The van der Waals surface area contributed by atoms with Crippen LogP contribution in [0.4, 0.5) is 0 Å². The normalized spacial score (nSPS) is 14.5. The van der Waals surface area contributed by atoms with Crippen LogP contribution in [0, 0.1) is 9.87 Å². The number of carbonyl (C=O) groups is 2. The molecule has 6 nitrogen and oxygen atoms in total. The first-order chi connectivity index (χ1) is 11.8. The van der Waals surface area contributed by atoms with Crippen LogP contribution in [0.15, 0.2) is 29.3 Å². The van der Waals surface area contributed by atoms with Crippen molar-refractivity contribution in [1.82, 2.24) is 4.57 Å². The van der Waals surface area contributed by atoms with Crippen molar-refractivity contribution >= 4 is 41.0 Å². The summed E-state index contributed by atoms with van der Waals surface area (Å²) in [6.45, 7) is 3.79. The molecule has 1 aliphatic rings. The zero-order chi connectivity index (χ0) is 18.3. The van der Waals surface area contributed by atoms with E-state index < -0.39 is 17.9 Å². The average molecular weight is 376 g/mol. The van der Waals surface area contributed by atoms with Gasteiger partial charge in [0.1, 0.15) is 10.9 Å². The zero-order valence-corrected chi connectivity index (χ0v) is 15.2. The van der Waals surface area contributed by atoms with Crippen LogP contribution < -0.4 is 10.6 Å². The molecule has 0 bridgehead atoms. The number of aromatic nitrogens is 1. The van der Waals surface area contributed by atoms with E-state index >= 15 is 0 Å². The van der Waals surface area contributed by atoms with Gasteiger partial charge >= 0.3 is 5.97 Å². The van der Waals surface area contributed by atoms with E-state index in [0.29, 0.717) is 17.0 Å². The molecule has 0 saturated carbocycles. The summed E-state index contributed by atoms with van der Waals surface area (Å²) in [5.74, 6) is -1.73. The Morgan fingerprint density at radius 2 is 2.04 bits per heavy atom. The number of aromatic hydroxyl groups is 1. The van der Waals surface area contributed by atoms with Gasteiger partial charge in [-0.15, -0.1) is 11.3 Å². The van der Waals surface area contributed by atoms with E-state index in [4.69, 9.17) is 12.2 Å². The monoisotopic (exact) mass is 376 g/mol. The number of carboxylic acid groups (broad SMARTS) is 1. The second-order valence-corrected chi connectivity index (χ2v) is 7.83. The van der Waals surface area contributed by atoms with Gasteiger partial charge in [0, 0.05) is 5.22 Å². The summed E-state index contributed by atoms with van der Waals surface area (Å²) in [5, 5.41) is 21.4. The lowest BCUT2D eigenvalue weighted by Gasteiger charge is -2.17. The summed E-state index contributed by atoms with van der Waals surface area (Å²) < 4.78 is 1.43. The largest absolute Gasteiger partial charge is 0.493 e. The van der Waals surface area contributed by atoms with Crippen molar-refractivity contribution in [1.29, 1.82) is 0 Å². The number of nitrogens with zero attached hydrogens (tertiary/aromatic N) is 2. The van der Waals surface area contributed by atoms with Crippen molar-refractivity contribution in [3.8, 4) is 5.88 Å². The highest BCUT2D eigenvalue weighted by molar-refractivity contribution is 7.73. The van der Waals surface area contributed by atoms with Gasteiger partial charge < -0.3 is 10.2 Å². The first-order valence-electron chi connectivity index (χ1n) is 7.71. The molecule has 0 saturated heterocycles. The van der Waals surface area contributed by atoms with E-state index in [1.54, 1.807) is 24.3 Å². The molecule has 0 aliphatic carbocycles. The van der Waals surface area contributed by atoms with Crippen LogP contribution in [0.25, 0.3) is 5.57 Å². The number of carbonyl (C=O) groups excluding carboxylic acids is 1. The summed E-state index contributed by atoms with van der Waals surface area (Å²) in [4.78, 5) is 28.2. The lowest BCUT2D eigenvalue weighted by atomic mass is 10.0. The second-order valence-electron chi connectivity index (χ2n) is 6.18. The molecule has 3 rings (SSSR count). The molecule has 1 aromatic heterocycles. The van der Waals surface area contributed by atoms with Crippen LogP contribution in [-0.4, -0.2) is 26.7 Å². The summed E-state index contributed by atoms with van der Waals surface area (Å²) in [6, 6.07) is 6.02. The van der Waals surface area contributed by atoms with Crippen molar-refractivity contribution in [2.24, 2.45) is 10.9 Å². The van der Waals surface area contributed by atoms with Gasteiger partial charge in [0.2, 0.25) is 5.88 Å². The quantitative estimate of drug-likeness (QED) is 0.779. The Balaban J connectivity index is 2.23. The first kappa shape index (κ1) is 17.5. The molecule has 0 fully saturated rings. The number of carboxylic acids is 1. The van der Waals surface area contributed by atoms with E-state index in [9.17, 15) is 19.8 Å². The van der Waals surface area contributed by atoms with Gasteiger partial charge in [-0.25, -0.2) is 9.79 Å². The third-order valence-electron chi connectivity index (χ3n) is 3.95. The van der Waals surface area contributed by atoms with E-state index in [0.717, 1.165) is 11.3 Å². The number of amides is 1. The van der Waals surface area contributed by atoms with Crippen LogP contribution in [0.2, 0.25) is 0 Å². The van der Waals surface area contributed by atoms with Crippen LogP contribution in [0.5, 0.6) is 5.88 Å². The summed E-state index contributed by atoms with van der Waals surface area (Å²) in [7, 11) is 0. The molecular weight excluding hydrogens is 360 g/mol.